The van der Waals surface area contributed by atoms with E-state index in [4.69, 9.17) is 0 Å². The predicted octanol–water partition coefficient (Wildman–Crippen LogP) is -0.462. The van der Waals surface area contributed by atoms with Gasteiger partial charge in [0, 0.05) is 31.5 Å². The molecule has 2 rings (SSSR count). The SMILES string of the molecule is CN1CCC(NCC(O)Cn2cccn2)C1. The predicted molar refractivity (Wildman–Crippen MR) is 62.1 cm³/mol. The molecule has 0 aliphatic carbocycles. The average molecular weight is 224 g/mol. The van der Waals surface area contributed by atoms with Crippen molar-refractivity contribution >= 4 is 0 Å². The van der Waals surface area contributed by atoms with Crippen LogP contribution < -0.4 is 5.32 Å². The fourth-order valence-electron chi connectivity index (χ4n) is 2.09. The number of nitrogens with one attached hydrogen (secondary N) is 1. The third kappa shape index (κ3) is 3.30. The first-order valence-electron chi connectivity index (χ1n) is 5.81. The molecule has 5 nitrogen and oxygen atoms in total. The van der Waals surface area contributed by atoms with Gasteiger partial charge in [-0.1, -0.05) is 0 Å². The van der Waals surface area contributed by atoms with Gasteiger partial charge in [-0.15, -0.1) is 0 Å². The van der Waals surface area contributed by atoms with E-state index < -0.39 is 0 Å². The summed E-state index contributed by atoms with van der Waals surface area (Å²) in [7, 11) is 2.13. The number of aliphatic hydroxyl groups excluding tert-OH is 1. The molecule has 2 atom stereocenters. The molecule has 0 aromatic carbocycles. The van der Waals surface area contributed by atoms with Crippen LogP contribution in [-0.4, -0.2) is 58.6 Å². The van der Waals surface area contributed by atoms with Crippen molar-refractivity contribution in [2.24, 2.45) is 0 Å². The van der Waals surface area contributed by atoms with Crippen LogP contribution in [0.1, 0.15) is 6.42 Å². The second-order valence-corrected chi connectivity index (χ2v) is 4.54. The van der Waals surface area contributed by atoms with Crippen LogP contribution in [0.25, 0.3) is 0 Å². The van der Waals surface area contributed by atoms with Crippen LogP contribution in [0.4, 0.5) is 0 Å². The van der Waals surface area contributed by atoms with Gasteiger partial charge in [-0.25, -0.2) is 0 Å². The molecule has 0 amide bonds. The van der Waals surface area contributed by atoms with E-state index in [-0.39, 0.29) is 6.10 Å². The number of hydrogen-bond donors (Lipinski definition) is 2. The Kier molecular flexibility index (Phi) is 3.93. The lowest BCUT2D eigenvalue weighted by atomic mass is 10.2. The fraction of sp³-hybridized carbons (Fsp3) is 0.727. The Morgan fingerprint density at radius 2 is 2.50 bits per heavy atom. The maximum absolute atomic E-state index is 9.81. The minimum Gasteiger partial charge on any atom is -0.390 e. The quantitative estimate of drug-likeness (QED) is 0.710. The highest BCUT2D eigenvalue weighted by atomic mass is 16.3. The molecule has 1 saturated heterocycles. The molecule has 0 spiro atoms. The van der Waals surface area contributed by atoms with E-state index in [1.54, 1.807) is 10.9 Å². The lowest BCUT2D eigenvalue weighted by molar-refractivity contribution is 0.143. The molecule has 2 heterocycles. The normalized spacial score (nSPS) is 23.8. The molecule has 1 aromatic rings. The minimum absolute atomic E-state index is 0.370. The van der Waals surface area contributed by atoms with Gasteiger partial charge in [0.2, 0.25) is 0 Å². The Labute approximate surface area is 96.1 Å². The molecule has 16 heavy (non-hydrogen) atoms. The molecule has 1 aromatic heterocycles. The minimum atomic E-state index is -0.370. The number of likely N-dealkylation sites (tertiary alicyclic amines) is 1. The van der Waals surface area contributed by atoms with Crippen LogP contribution in [-0.2, 0) is 6.54 Å². The summed E-state index contributed by atoms with van der Waals surface area (Å²) < 4.78 is 1.76. The zero-order valence-electron chi connectivity index (χ0n) is 9.71. The van der Waals surface area contributed by atoms with Crippen molar-refractivity contribution < 1.29 is 5.11 Å². The molecule has 0 bridgehead atoms. The van der Waals surface area contributed by atoms with E-state index in [2.05, 4.69) is 22.4 Å². The Morgan fingerprint density at radius 1 is 1.62 bits per heavy atom. The number of aliphatic hydroxyl groups is 1. The van der Waals surface area contributed by atoms with Crippen LogP contribution in [0.15, 0.2) is 18.5 Å². The largest absolute Gasteiger partial charge is 0.390 e. The fourth-order valence-corrected chi connectivity index (χ4v) is 2.09. The summed E-state index contributed by atoms with van der Waals surface area (Å²) >= 11 is 0. The van der Waals surface area contributed by atoms with Gasteiger partial charge in [-0.2, -0.15) is 5.10 Å². The lowest BCUT2D eigenvalue weighted by Gasteiger charge is -2.16. The molecule has 90 valence electrons. The Hall–Kier alpha value is -0.910. The van der Waals surface area contributed by atoms with E-state index in [1.165, 1.54) is 6.42 Å². The van der Waals surface area contributed by atoms with Crippen molar-refractivity contribution in [2.45, 2.75) is 25.1 Å². The molecule has 2 unspecified atom stereocenters. The maximum Gasteiger partial charge on any atom is 0.0860 e. The number of aromatic nitrogens is 2. The highest BCUT2D eigenvalue weighted by Crippen LogP contribution is 2.05. The van der Waals surface area contributed by atoms with Crippen molar-refractivity contribution in [1.29, 1.82) is 0 Å². The van der Waals surface area contributed by atoms with Gasteiger partial charge in [-0.3, -0.25) is 4.68 Å². The van der Waals surface area contributed by atoms with Crippen molar-refractivity contribution in [1.82, 2.24) is 20.0 Å². The average Bonchev–Trinajstić information content (AvgIpc) is 2.87. The van der Waals surface area contributed by atoms with E-state index in [0.717, 1.165) is 13.1 Å². The molecule has 1 aliphatic heterocycles. The van der Waals surface area contributed by atoms with Crippen LogP contribution in [0, 0.1) is 0 Å². The number of nitrogens with zero attached hydrogens (tertiary/aromatic N) is 3. The smallest absolute Gasteiger partial charge is 0.0860 e. The van der Waals surface area contributed by atoms with E-state index >= 15 is 0 Å². The Morgan fingerprint density at radius 3 is 3.12 bits per heavy atom. The highest BCUT2D eigenvalue weighted by molar-refractivity contribution is 4.81. The van der Waals surface area contributed by atoms with Crippen molar-refractivity contribution in [3.05, 3.63) is 18.5 Å². The van der Waals surface area contributed by atoms with Gasteiger partial charge >= 0.3 is 0 Å². The van der Waals surface area contributed by atoms with Crippen LogP contribution in [0.3, 0.4) is 0 Å². The van der Waals surface area contributed by atoms with Crippen LogP contribution in [0.2, 0.25) is 0 Å². The Bertz CT molecular complexity index is 301. The molecule has 2 N–H and O–H groups in total. The van der Waals surface area contributed by atoms with Gasteiger partial charge in [0.15, 0.2) is 0 Å². The number of likely N-dealkylation sites (N-methyl/N-ethyl adjacent to an activating group) is 1. The summed E-state index contributed by atoms with van der Waals surface area (Å²) in [6.45, 7) is 3.42. The molecule has 5 heteroatoms. The van der Waals surface area contributed by atoms with Gasteiger partial charge in [0.05, 0.1) is 12.6 Å². The molecular weight excluding hydrogens is 204 g/mol. The first-order chi connectivity index (χ1) is 7.74. The molecular formula is C11H20N4O. The first kappa shape index (κ1) is 11.6. The van der Waals surface area contributed by atoms with Gasteiger partial charge in [-0.05, 0) is 26.1 Å². The van der Waals surface area contributed by atoms with Crippen molar-refractivity contribution in [3.63, 3.8) is 0 Å². The second kappa shape index (κ2) is 5.43. The summed E-state index contributed by atoms with van der Waals surface area (Å²) in [5, 5.41) is 17.3. The van der Waals surface area contributed by atoms with E-state index in [9.17, 15) is 5.11 Å². The Balaban J connectivity index is 1.66. The van der Waals surface area contributed by atoms with Gasteiger partial charge < -0.3 is 15.3 Å². The summed E-state index contributed by atoms with van der Waals surface area (Å²) in [6, 6.07) is 2.39. The zero-order valence-corrected chi connectivity index (χ0v) is 9.71. The summed E-state index contributed by atoms with van der Waals surface area (Å²) in [6.07, 6.45) is 4.40. The van der Waals surface area contributed by atoms with Crippen molar-refractivity contribution in [3.8, 4) is 0 Å². The zero-order chi connectivity index (χ0) is 11.4. The van der Waals surface area contributed by atoms with Gasteiger partial charge in [0.1, 0.15) is 0 Å². The maximum atomic E-state index is 9.81. The lowest BCUT2D eigenvalue weighted by Crippen LogP contribution is -2.38. The third-order valence-corrected chi connectivity index (χ3v) is 2.99. The van der Waals surface area contributed by atoms with Crippen molar-refractivity contribution in [2.75, 3.05) is 26.7 Å². The number of hydrogen-bond acceptors (Lipinski definition) is 4. The molecule has 0 saturated carbocycles. The van der Waals surface area contributed by atoms with Gasteiger partial charge in [0.25, 0.3) is 0 Å². The highest BCUT2D eigenvalue weighted by Gasteiger charge is 2.19. The van der Waals surface area contributed by atoms with Crippen LogP contribution in [0.5, 0.6) is 0 Å². The van der Waals surface area contributed by atoms with E-state index in [1.807, 2.05) is 12.3 Å². The topological polar surface area (TPSA) is 53.3 Å². The second-order valence-electron chi connectivity index (χ2n) is 4.54. The number of rotatable bonds is 5. The van der Waals surface area contributed by atoms with Crippen LogP contribution >= 0.6 is 0 Å². The third-order valence-electron chi connectivity index (χ3n) is 2.99. The molecule has 0 radical (unpaired) electrons. The molecule has 1 fully saturated rings. The first-order valence-corrected chi connectivity index (χ1v) is 5.81. The molecule has 1 aliphatic rings. The summed E-state index contributed by atoms with van der Waals surface area (Å²) in [4.78, 5) is 2.30. The summed E-state index contributed by atoms with van der Waals surface area (Å²) in [5.41, 5.74) is 0. The monoisotopic (exact) mass is 224 g/mol. The standard InChI is InChI=1S/C11H20N4O/c1-14-6-3-10(8-14)12-7-11(16)9-15-5-2-4-13-15/h2,4-5,10-12,16H,3,6-9H2,1H3. The summed E-state index contributed by atoms with van der Waals surface area (Å²) in [5.74, 6) is 0. The van der Waals surface area contributed by atoms with E-state index in [0.29, 0.717) is 19.1 Å².